The van der Waals surface area contributed by atoms with Crippen molar-refractivity contribution in [1.29, 1.82) is 0 Å². The molecule has 2 rings (SSSR count). The van der Waals surface area contributed by atoms with Gasteiger partial charge >= 0.3 is 0 Å². The summed E-state index contributed by atoms with van der Waals surface area (Å²) in [5.41, 5.74) is 3.30. The molecule has 0 aliphatic carbocycles. The standard InChI is InChI=1S/C12H14N2O2S/c1-8-6-10(12-13-9(2)16-14-12)4-5-11(8)7-15-17-3/h4-6H,7H2,1-3H3. The first-order valence-corrected chi connectivity index (χ1v) is 6.41. The van der Waals surface area contributed by atoms with Gasteiger partial charge in [0.05, 0.1) is 6.61 Å². The predicted octanol–water partition coefficient (Wildman–Crippen LogP) is 3.15. The lowest BCUT2D eigenvalue weighted by Gasteiger charge is -2.06. The van der Waals surface area contributed by atoms with Crippen LogP contribution in [0.1, 0.15) is 17.0 Å². The molecular weight excluding hydrogens is 236 g/mol. The highest BCUT2D eigenvalue weighted by Crippen LogP contribution is 2.20. The van der Waals surface area contributed by atoms with E-state index in [0.29, 0.717) is 18.3 Å². The van der Waals surface area contributed by atoms with E-state index in [2.05, 4.69) is 17.1 Å². The summed E-state index contributed by atoms with van der Waals surface area (Å²) in [6.07, 6.45) is 1.91. The van der Waals surface area contributed by atoms with Crippen LogP contribution in [-0.2, 0) is 10.8 Å². The van der Waals surface area contributed by atoms with Crippen molar-refractivity contribution < 1.29 is 8.71 Å². The topological polar surface area (TPSA) is 48.2 Å². The van der Waals surface area contributed by atoms with Gasteiger partial charge in [-0.2, -0.15) is 4.98 Å². The van der Waals surface area contributed by atoms with E-state index < -0.39 is 0 Å². The Morgan fingerprint density at radius 3 is 2.76 bits per heavy atom. The van der Waals surface area contributed by atoms with Crippen LogP contribution in [0, 0.1) is 13.8 Å². The van der Waals surface area contributed by atoms with Crippen molar-refractivity contribution in [3.05, 3.63) is 35.2 Å². The molecular formula is C12H14N2O2S. The van der Waals surface area contributed by atoms with Crippen LogP contribution in [0.25, 0.3) is 11.4 Å². The Hall–Kier alpha value is -1.33. The first kappa shape index (κ1) is 12.1. The van der Waals surface area contributed by atoms with Gasteiger partial charge in [0.25, 0.3) is 0 Å². The summed E-state index contributed by atoms with van der Waals surface area (Å²) in [6, 6.07) is 6.06. The van der Waals surface area contributed by atoms with Crippen molar-refractivity contribution in [3.8, 4) is 11.4 Å². The van der Waals surface area contributed by atoms with Crippen LogP contribution < -0.4 is 0 Å². The van der Waals surface area contributed by atoms with Gasteiger partial charge in [-0.05, 0) is 36.2 Å². The van der Waals surface area contributed by atoms with E-state index in [4.69, 9.17) is 8.71 Å². The van der Waals surface area contributed by atoms with Crippen LogP contribution in [0.3, 0.4) is 0 Å². The minimum atomic E-state index is 0.576. The molecule has 1 aromatic heterocycles. The van der Waals surface area contributed by atoms with E-state index in [0.717, 1.165) is 5.56 Å². The predicted molar refractivity (Wildman–Crippen MR) is 67.5 cm³/mol. The van der Waals surface area contributed by atoms with Crippen molar-refractivity contribution in [1.82, 2.24) is 10.1 Å². The summed E-state index contributed by atoms with van der Waals surface area (Å²) < 4.78 is 10.3. The monoisotopic (exact) mass is 250 g/mol. The Morgan fingerprint density at radius 2 is 2.18 bits per heavy atom. The average Bonchev–Trinajstić information content (AvgIpc) is 2.74. The number of benzene rings is 1. The molecule has 90 valence electrons. The molecule has 0 fully saturated rings. The molecule has 0 aliphatic rings. The fourth-order valence-electron chi connectivity index (χ4n) is 1.54. The molecule has 0 saturated heterocycles. The van der Waals surface area contributed by atoms with Crippen molar-refractivity contribution >= 4 is 12.0 Å². The maximum atomic E-state index is 5.32. The molecule has 5 heteroatoms. The Bertz CT molecular complexity index is 511. The summed E-state index contributed by atoms with van der Waals surface area (Å²) in [7, 11) is 0. The average molecular weight is 250 g/mol. The van der Waals surface area contributed by atoms with Crippen molar-refractivity contribution in [2.45, 2.75) is 20.5 Å². The van der Waals surface area contributed by atoms with Crippen LogP contribution in [0.15, 0.2) is 22.7 Å². The third-order valence-corrected chi connectivity index (χ3v) is 2.81. The van der Waals surface area contributed by atoms with E-state index in [1.54, 1.807) is 6.92 Å². The summed E-state index contributed by atoms with van der Waals surface area (Å²) in [4.78, 5) is 4.20. The van der Waals surface area contributed by atoms with Gasteiger partial charge in [-0.25, -0.2) is 0 Å². The van der Waals surface area contributed by atoms with E-state index in [-0.39, 0.29) is 0 Å². The maximum absolute atomic E-state index is 5.32. The van der Waals surface area contributed by atoms with Gasteiger partial charge in [0, 0.05) is 18.7 Å². The van der Waals surface area contributed by atoms with Gasteiger partial charge in [0.2, 0.25) is 11.7 Å². The first-order valence-electron chi connectivity index (χ1n) is 5.26. The summed E-state index contributed by atoms with van der Waals surface area (Å²) in [5.74, 6) is 1.20. The highest BCUT2D eigenvalue weighted by atomic mass is 32.2. The lowest BCUT2D eigenvalue weighted by Crippen LogP contribution is -1.91. The second-order valence-electron chi connectivity index (χ2n) is 3.71. The molecule has 2 aromatic rings. The number of rotatable bonds is 4. The number of hydrogen-bond acceptors (Lipinski definition) is 5. The zero-order valence-corrected chi connectivity index (χ0v) is 10.9. The largest absolute Gasteiger partial charge is 0.339 e. The number of nitrogens with zero attached hydrogens (tertiary/aromatic N) is 2. The van der Waals surface area contributed by atoms with E-state index in [1.165, 1.54) is 23.2 Å². The molecule has 0 N–H and O–H groups in total. The van der Waals surface area contributed by atoms with Gasteiger partial charge in [0.1, 0.15) is 0 Å². The van der Waals surface area contributed by atoms with Gasteiger partial charge in [0.15, 0.2) is 0 Å². The van der Waals surface area contributed by atoms with Crippen molar-refractivity contribution in [2.75, 3.05) is 6.26 Å². The van der Waals surface area contributed by atoms with Crippen molar-refractivity contribution in [3.63, 3.8) is 0 Å². The quantitative estimate of drug-likeness (QED) is 0.780. The number of aromatic nitrogens is 2. The number of aryl methyl sites for hydroxylation is 2. The normalized spacial score (nSPS) is 10.8. The minimum absolute atomic E-state index is 0.576. The lowest BCUT2D eigenvalue weighted by molar-refractivity contribution is 0.365. The molecule has 0 radical (unpaired) electrons. The molecule has 0 bridgehead atoms. The Morgan fingerprint density at radius 1 is 1.35 bits per heavy atom. The van der Waals surface area contributed by atoms with E-state index >= 15 is 0 Å². The van der Waals surface area contributed by atoms with E-state index in [9.17, 15) is 0 Å². The SMILES string of the molecule is CSOCc1ccc(-c2noc(C)n2)cc1C. The molecule has 1 heterocycles. The number of hydrogen-bond donors (Lipinski definition) is 0. The van der Waals surface area contributed by atoms with Crippen LogP contribution in [0.4, 0.5) is 0 Å². The molecule has 0 amide bonds. The third-order valence-electron chi connectivity index (χ3n) is 2.46. The van der Waals surface area contributed by atoms with E-state index in [1.807, 2.05) is 24.5 Å². The van der Waals surface area contributed by atoms with Gasteiger partial charge < -0.3 is 8.71 Å². The van der Waals surface area contributed by atoms with Crippen LogP contribution in [0.2, 0.25) is 0 Å². The second-order valence-corrected chi connectivity index (χ2v) is 4.28. The van der Waals surface area contributed by atoms with Crippen LogP contribution in [0.5, 0.6) is 0 Å². The minimum Gasteiger partial charge on any atom is -0.339 e. The van der Waals surface area contributed by atoms with Gasteiger partial charge in [-0.15, -0.1) is 0 Å². The summed E-state index contributed by atoms with van der Waals surface area (Å²) in [6.45, 7) is 4.44. The van der Waals surface area contributed by atoms with Gasteiger partial charge in [-0.3, -0.25) is 0 Å². The third kappa shape index (κ3) is 2.87. The zero-order valence-electron chi connectivity index (χ0n) is 10.1. The molecule has 17 heavy (non-hydrogen) atoms. The fraction of sp³-hybridized carbons (Fsp3) is 0.333. The van der Waals surface area contributed by atoms with Crippen molar-refractivity contribution in [2.24, 2.45) is 0 Å². The highest BCUT2D eigenvalue weighted by Gasteiger charge is 2.07. The zero-order chi connectivity index (χ0) is 12.3. The molecule has 0 spiro atoms. The Balaban J connectivity index is 2.24. The molecule has 0 aliphatic heterocycles. The van der Waals surface area contributed by atoms with Crippen LogP contribution >= 0.6 is 12.0 Å². The molecule has 1 aromatic carbocycles. The Labute approximate surface area is 105 Å². The first-order chi connectivity index (χ1) is 8.20. The highest BCUT2D eigenvalue weighted by molar-refractivity contribution is 7.93. The smallest absolute Gasteiger partial charge is 0.223 e. The molecule has 0 saturated carbocycles. The molecule has 0 unspecified atom stereocenters. The molecule has 0 atom stereocenters. The maximum Gasteiger partial charge on any atom is 0.223 e. The van der Waals surface area contributed by atoms with Gasteiger partial charge in [-0.1, -0.05) is 17.3 Å². The fourth-order valence-corrected chi connectivity index (χ4v) is 1.78. The second kappa shape index (κ2) is 5.33. The Kier molecular flexibility index (Phi) is 3.81. The lowest BCUT2D eigenvalue weighted by atomic mass is 10.1. The summed E-state index contributed by atoms with van der Waals surface area (Å²) in [5, 5.41) is 3.90. The molecule has 4 nitrogen and oxygen atoms in total. The van der Waals surface area contributed by atoms with Crippen LogP contribution in [-0.4, -0.2) is 16.4 Å². The summed E-state index contributed by atoms with van der Waals surface area (Å²) >= 11 is 1.37.